The van der Waals surface area contributed by atoms with Gasteiger partial charge in [-0.2, -0.15) is 5.26 Å². The number of hydrogen-bond donors (Lipinski definition) is 1. The molecular weight excluding hydrogens is 378 g/mol. The van der Waals surface area contributed by atoms with Crippen molar-refractivity contribution in [3.05, 3.63) is 59.1 Å². The Morgan fingerprint density at radius 3 is 2.23 bits per heavy atom. The van der Waals surface area contributed by atoms with Crippen molar-refractivity contribution in [1.82, 2.24) is 0 Å². The number of sulfone groups is 1. The number of benzene rings is 2. The molecule has 0 aromatic heterocycles. The topological polar surface area (TPSA) is 104 Å². The van der Waals surface area contributed by atoms with Crippen molar-refractivity contribution < 1.29 is 23.1 Å². The summed E-state index contributed by atoms with van der Waals surface area (Å²) in [7, 11) is -2.57. The number of carboxylic acids is 1. The van der Waals surface area contributed by atoms with Crippen LogP contribution in [0.3, 0.4) is 0 Å². The normalized spacial score (nSPS) is 24.5. The molecule has 0 saturated heterocycles. The molecular formula is C18H14ClNO5S. The van der Waals surface area contributed by atoms with Crippen LogP contribution in [0.25, 0.3) is 0 Å². The summed E-state index contributed by atoms with van der Waals surface area (Å²) in [5.74, 6) is -1.88. The highest BCUT2D eigenvalue weighted by atomic mass is 35.5. The molecule has 1 aliphatic carbocycles. The van der Waals surface area contributed by atoms with E-state index in [0.717, 1.165) is 0 Å². The standard InChI is InChI=1S/C18H14ClNO5S/c1-25-13-6-2-11(3-7-13)15-16(18(15,10-20)17(21)22)26(23,24)14-8-4-12(19)5-9-14/h2-9,15-16H,1H3,(H,21,22). The smallest absolute Gasteiger partial charge is 0.326 e. The van der Waals surface area contributed by atoms with Gasteiger partial charge in [-0.05, 0) is 42.0 Å². The van der Waals surface area contributed by atoms with E-state index < -0.39 is 32.4 Å². The molecule has 134 valence electrons. The van der Waals surface area contributed by atoms with Gasteiger partial charge in [0, 0.05) is 10.9 Å². The Labute approximate surface area is 155 Å². The van der Waals surface area contributed by atoms with Crippen LogP contribution in [-0.2, 0) is 14.6 Å². The molecule has 2 aromatic carbocycles. The average Bonchev–Trinajstić information content (AvgIpc) is 3.34. The summed E-state index contributed by atoms with van der Waals surface area (Å²) in [6.45, 7) is 0. The third-order valence-corrected chi connectivity index (χ3v) is 7.12. The maximum Gasteiger partial charge on any atom is 0.326 e. The number of aliphatic carboxylic acids is 1. The molecule has 3 unspecified atom stereocenters. The summed E-state index contributed by atoms with van der Waals surface area (Å²) in [6, 6.07) is 13.5. The molecule has 1 fully saturated rings. The van der Waals surface area contributed by atoms with Gasteiger partial charge in [-0.15, -0.1) is 0 Å². The zero-order valence-corrected chi connectivity index (χ0v) is 15.2. The molecule has 2 aromatic rings. The summed E-state index contributed by atoms with van der Waals surface area (Å²) in [6.07, 6.45) is 0. The van der Waals surface area contributed by atoms with E-state index in [1.165, 1.54) is 31.4 Å². The first-order valence-corrected chi connectivity index (χ1v) is 9.49. The van der Waals surface area contributed by atoms with Crippen LogP contribution in [0.15, 0.2) is 53.4 Å². The fourth-order valence-corrected chi connectivity index (χ4v) is 5.61. The number of methoxy groups -OCH3 is 1. The molecule has 8 heteroatoms. The second-order valence-electron chi connectivity index (χ2n) is 5.96. The van der Waals surface area contributed by atoms with E-state index in [0.29, 0.717) is 16.3 Å². The number of hydrogen-bond acceptors (Lipinski definition) is 5. The van der Waals surface area contributed by atoms with Crippen LogP contribution in [0.5, 0.6) is 5.75 Å². The van der Waals surface area contributed by atoms with Crippen molar-refractivity contribution in [2.45, 2.75) is 16.1 Å². The maximum atomic E-state index is 13.0. The average molecular weight is 392 g/mol. The summed E-state index contributed by atoms with van der Waals surface area (Å²) < 4.78 is 31.1. The lowest BCUT2D eigenvalue weighted by molar-refractivity contribution is -0.141. The van der Waals surface area contributed by atoms with Gasteiger partial charge in [-0.25, -0.2) is 8.42 Å². The Morgan fingerprint density at radius 1 is 1.19 bits per heavy atom. The Bertz CT molecular complexity index is 995. The second-order valence-corrected chi connectivity index (χ2v) is 8.46. The summed E-state index contributed by atoms with van der Waals surface area (Å²) in [5, 5.41) is 18.1. The quantitative estimate of drug-likeness (QED) is 0.840. The predicted molar refractivity (Wildman–Crippen MR) is 93.8 cm³/mol. The van der Waals surface area contributed by atoms with Gasteiger partial charge in [0.05, 0.1) is 18.1 Å². The van der Waals surface area contributed by atoms with Crippen LogP contribution >= 0.6 is 11.6 Å². The molecule has 0 aliphatic heterocycles. The number of nitriles is 1. The minimum Gasteiger partial charge on any atom is -0.497 e. The third-order valence-electron chi connectivity index (χ3n) is 4.62. The van der Waals surface area contributed by atoms with Crippen molar-refractivity contribution in [3.8, 4) is 11.8 Å². The van der Waals surface area contributed by atoms with Crippen molar-refractivity contribution >= 4 is 27.4 Å². The minimum absolute atomic E-state index is 0.0659. The number of rotatable bonds is 5. The Balaban J connectivity index is 2.10. The van der Waals surface area contributed by atoms with Crippen molar-refractivity contribution in [2.24, 2.45) is 5.41 Å². The van der Waals surface area contributed by atoms with Gasteiger partial charge >= 0.3 is 5.97 Å². The molecule has 1 N–H and O–H groups in total. The van der Waals surface area contributed by atoms with E-state index in [2.05, 4.69) is 0 Å². The van der Waals surface area contributed by atoms with E-state index in [9.17, 15) is 23.6 Å². The predicted octanol–water partition coefficient (Wildman–Crippen LogP) is 2.88. The van der Waals surface area contributed by atoms with Crippen molar-refractivity contribution in [2.75, 3.05) is 7.11 Å². The first-order valence-electron chi connectivity index (χ1n) is 7.57. The molecule has 1 aliphatic rings. The van der Waals surface area contributed by atoms with Gasteiger partial charge in [-0.1, -0.05) is 23.7 Å². The van der Waals surface area contributed by atoms with Crippen LogP contribution in [0.1, 0.15) is 11.5 Å². The molecule has 26 heavy (non-hydrogen) atoms. The maximum absolute atomic E-state index is 13.0. The number of carbonyl (C=O) groups is 1. The number of halogens is 1. The van der Waals surface area contributed by atoms with Crippen LogP contribution in [0.2, 0.25) is 5.02 Å². The van der Waals surface area contributed by atoms with E-state index in [-0.39, 0.29) is 4.90 Å². The van der Waals surface area contributed by atoms with Crippen LogP contribution in [0.4, 0.5) is 0 Å². The Hall–Kier alpha value is -2.56. The summed E-state index contributed by atoms with van der Waals surface area (Å²) in [5.41, 5.74) is -1.58. The highest BCUT2D eigenvalue weighted by molar-refractivity contribution is 7.92. The fraction of sp³-hybridized carbons (Fsp3) is 0.222. The zero-order valence-electron chi connectivity index (χ0n) is 13.6. The number of ether oxygens (including phenoxy) is 1. The van der Waals surface area contributed by atoms with Crippen LogP contribution in [-0.4, -0.2) is 31.9 Å². The minimum atomic E-state index is -4.05. The van der Waals surface area contributed by atoms with Gasteiger partial charge in [0.1, 0.15) is 11.0 Å². The Morgan fingerprint density at radius 2 is 1.77 bits per heavy atom. The molecule has 0 amide bonds. The summed E-state index contributed by atoms with van der Waals surface area (Å²) in [4.78, 5) is 11.8. The molecule has 6 nitrogen and oxygen atoms in total. The molecule has 0 heterocycles. The van der Waals surface area contributed by atoms with Gasteiger partial charge < -0.3 is 9.84 Å². The van der Waals surface area contributed by atoms with Crippen molar-refractivity contribution in [1.29, 1.82) is 5.26 Å². The van der Waals surface area contributed by atoms with Crippen LogP contribution in [0, 0.1) is 16.7 Å². The third kappa shape index (κ3) is 2.62. The van der Waals surface area contributed by atoms with E-state index in [1.54, 1.807) is 30.3 Å². The lowest BCUT2D eigenvalue weighted by Gasteiger charge is -2.05. The van der Waals surface area contributed by atoms with E-state index in [4.69, 9.17) is 16.3 Å². The highest BCUT2D eigenvalue weighted by Gasteiger charge is 2.77. The first kappa shape index (κ1) is 18.2. The number of nitrogens with zero attached hydrogens (tertiary/aromatic N) is 1. The fourth-order valence-electron chi connectivity index (χ4n) is 3.24. The number of carboxylic acid groups (broad SMARTS) is 1. The van der Waals surface area contributed by atoms with Crippen LogP contribution < -0.4 is 4.74 Å². The molecule has 3 atom stereocenters. The van der Waals surface area contributed by atoms with Gasteiger partial charge in [0.25, 0.3) is 0 Å². The first-order chi connectivity index (χ1) is 12.3. The van der Waals surface area contributed by atoms with Crippen molar-refractivity contribution in [3.63, 3.8) is 0 Å². The van der Waals surface area contributed by atoms with Gasteiger partial charge in [-0.3, -0.25) is 4.79 Å². The zero-order chi connectivity index (χ0) is 19.1. The Kier molecular flexibility index (Phi) is 4.42. The SMILES string of the molecule is COc1ccc(C2C(S(=O)(=O)c3ccc(Cl)cc3)C2(C#N)C(=O)O)cc1. The second kappa shape index (κ2) is 6.31. The molecule has 3 rings (SSSR count). The molecule has 0 spiro atoms. The van der Waals surface area contributed by atoms with Gasteiger partial charge in [0.15, 0.2) is 15.3 Å². The lowest BCUT2D eigenvalue weighted by atomic mass is 10.0. The summed E-state index contributed by atoms with van der Waals surface area (Å²) >= 11 is 5.79. The van der Waals surface area contributed by atoms with Gasteiger partial charge in [0.2, 0.25) is 0 Å². The largest absolute Gasteiger partial charge is 0.497 e. The highest BCUT2D eigenvalue weighted by Crippen LogP contribution is 2.64. The van der Waals surface area contributed by atoms with E-state index >= 15 is 0 Å². The molecule has 0 radical (unpaired) electrons. The van der Waals surface area contributed by atoms with E-state index in [1.807, 2.05) is 0 Å². The lowest BCUT2D eigenvalue weighted by Crippen LogP contribution is -2.22. The monoisotopic (exact) mass is 391 g/mol. The molecule has 0 bridgehead atoms. The molecule has 1 saturated carbocycles.